The SMILES string of the molecule is CCC1(C(=O)Nc2ccc3[nH]ncc3c2)CCCN1. The number of H-pyrrole nitrogens is 1. The molecule has 1 unspecified atom stereocenters. The fourth-order valence-electron chi connectivity index (χ4n) is 2.73. The number of nitrogens with one attached hydrogen (secondary N) is 3. The molecule has 1 saturated heterocycles. The Balaban J connectivity index is 1.81. The Morgan fingerprint density at radius 1 is 1.53 bits per heavy atom. The first-order valence-electron chi connectivity index (χ1n) is 6.73. The third kappa shape index (κ3) is 2.10. The van der Waals surface area contributed by atoms with E-state index in [0.717, 1.165) is 42.4 Å². The number of nitrogens with zero attached hydrogens (tertiary/aromatic N) is 1. The van der Waals surface area contributed by atoms with Crippen LogP contribution in [0.2, 0.25) is 0 Å². The van der Waals surface area contributed by atoms with Gasteiger partial charge in [0.05, 0.1) is 17.3 Å². The summed E-state index contributed by atoms with van der Waals surface area (Å²) in [6.45, 7) is 2.97. The molecule has 0 bridgehead atoms. The smallest absolute Gasteiger partial charge is 0.244 e. The zero-order chi connectivity index (χ0) is 13.3. The number of rotatable bonds is 3. The van der Waals surface area contributed by atoms with Crippen LogP contribution in [0.5, 0.6) is 0 Å². The van der Waals surface area contributed by atoms with Crippen LogP contribution in [-0.4, -0.2) is 28.2 Å². The summed E-state index contributed by atoms with van der Waals surface area (Å²) in [5, 5.41) is 14.2. The van der Waals surface area contributed by atoms with Gasteiger partial charge in [0.25, 0.3) is 0 Å². The molecule has 0 saturated carbocycles. The van der Waals surface area contributed by atoms with E-state index >= 15 is 0 Å². The van der Waals surface area contributed by atoms with Crippen LogP contribution < -0.4 is 10.6 Å². The predicted octanol–water partition coefficient (Wildman–Crippen LogP) is 2.03. The molecule has 19 heavy (non-hydrogen) atoms. The predicted molar refractivity (Wildman–Crippen MR) is 75.0 cm³/mol. The molecule has 1 aliphatic rings. The number of fused-ring (bicyclic) bond motifs is 1. The van der Waals surface area contributed by atoms with Gasteiger partial charge in [-0.25, -0.2) is 0 Å². The lowest BCUT2D eigenvalue weighted by atomic mass is 9.93. The molecule has 2 aromatic rings. The molecule has 1 atom stereocenters. The molecular formula is C14H18N4O. The molecule has 0 spiro atoms. The summed E-state index contributed by atoms with van der Waals surface area (Å²) in [6.07, 6.45) is 4.53. The van der Waals surface area contributed by atoms with Gasteiger partial charge >= 0.3 is 0 Å². The van der Waals surface area contributed by atoms with Crippen molar-refractivity contribution in [3.8, 4) is 0 Å². The quantitative estimate of drug-likeness (QED) is 0.789. The molecule has 5 heteroatoms. The van der Waals surface area contributed by atoms with Gasteiger partial charge in [0, 0.05) is 11.1 Å². The first-order valence-corrected chi connectivity index (χ1v) is 6.73. The van der Waals surface area contributed by atoms with E-state index in [1.165, 1.54) is 0 Å². The van der Waals surface area contributed by atoms with Gasteiger partial charge in [-0.2, -0.15) is 5.10 Å². The lowest BCUT2D eigenvalue weighted by molar-refractivity contribution is -0.122. The average molecular weight is 258 g/mol. The molecule has 0 aliphatic carbocycles. The molecule has 3 rings (SSSR count). The molecule has 1 aliphatic heterocycles. The maximum atomic E-state index is 12.4. The van der Waals surface area contributed by atoms with E-state index in [0.29, 0.717) is 0 Å². The van der Waals surface area contributed by atoms with Crippen molar-refractivity contribution < 1.29 is 4.79 Å². The van der Waals surface area contributed by atoms with Crippen LogP contribution in [0, 0.1) is 0 Å². The third-order valence-electron chi connectivity index (χ3n) is 3.98. The second kappa shape index (κ2) is 4.66. The number of anilines is 1. The first-order chi connectivity index (χ1) is 9.23. The average Bonchev–Trinajstić information content (AvgIpc) is 3.07. The fourth-order valence-corrected chi connectivity index (χ4v) is 2.73. The maximum absolute atomic E-state index is 12.4. The van der Waals surface area contributed by atoms with E-state index < -0.39 is 5.54 Å². The van der Waals surface area contributed by atoms with Crippen molar-refractivity contribution in [3.63, 3.8) is 0 Å². The highest BCUT2D eigenvalue weighted by Gasteiger charge is 2.38. The number of hydrogen-bond donors (Lipinski definition) is 3. The summed E-state index contributed by atoms with van der Waals surface area (Å²) >= 11 is 0. The van der Waals surface area contributed by atoms with E-state index in [9.17, 15) is 4.79 Å². The second-order valence-corrected chi connectivity index (χ2v) is 5.09. The van der Waals surface area contributed by atoms with Gasteiger partial charge in [-0.3, -0.25) is 9.89 Å². The summed E-state index contributed by atoms with van der Waals surface area (Å²) in [5.74, 6) is 0.0651. The molecule has 1 aromatic carbocycles. The highest BCUT2D eigenvalue weighted by molar-refractivity contribution is 5.99. The molecule has 100 valence electrons. The standard InChI is InChI=1S/C14H18N4O/c1-2-14(6-3-7-15-14)13(19)17-11-4-5-12-10(8-11)9-16-18-12/h4-5,8-9,15H,2-3,6-7H2,1H3,(H,16,18)(H,17,19). The molecule has 1 aromatic heterocycles. The molecule has 0 radical (unpaired) electrons. The Bertz CT molecular complexity index is 598. The van der Waals surface area contributed by atoms with E-state index in [1.807, 2.05) is 18.2 Å². The topological polar surface area (TPSA) is 69.8 Å². The second-order valence-electron chi connectivity index (χ2n) is 5.09. The molecule has 2 heterocycles. The van der Waals surface area contributed by atoms with Gasteiger partial charge in [0.1, 0.15) is 0 Å². The Morgan fingerprint density at radius 2 is 2.42 bits per heavy atom. The minimum absolute atomic E-state index is 0.0651. The van der Waals surface area contributed by atoms with Gasteiger partial charge in [-0.15, -0.1) is 0 Å². The van der Waals surface area contributed by atoms with E-state index in [2.05, 4.69) is 27.8 Å². The summed E-state index contributed by atoms with van der Waals surface area (Å²) in [4.78, 5) is 12.4. The van der Waals surface area contributed by atoms with E-state index in [4.69, 9.17) is 0 Å². The number of amides is 1. The minimum atomic E-state index is -0.397. The van der Waals surface area contributed by atoms with Crippen LogP contribution in [0.3, 0.4) is 0 Å². The number of aromatic nitrogens is 2. The molecule has 1 amide bonds. The zero-order valence-electron chi connectivity index (χ0n) is 11.0. The largest absolute Gasteiger partial charge is 0.324 e. The highest BCUT2D eigenvalue weighted by atomic mass is 16.2. The number of benzene rings is 1. The number of hydrogen-bond acceptors (Lipinski definition) is 3. The van der Waals surface area contributed by atoms with Gasteiger partial charge in [0.2, 0.25) is 5.91 Å². The molecule has 3 N–H and O–H groups in total. The number of carbonyl (C=O) groups is 1. The monoisotopic (exact) mass is 258 g/mol. The highest BCUT2D eigenvalue weighted by Crippen LogP contribution is 2.25. The normalized spacial score (nSPS) is 22.8. The van der Waals surface area contributed by atoms with Gasteiger partial charge in [-0.05, 0) is 44.0 Å². The van der Waals surface area contributed by atoms with E-state index in [-0.39, 0.29) is 5.91 Å². The van der Waals surface area contributed by atoms with Crippen LogP contribution in [-0.2, 0) is 4.79 Å². The Labute approximate surface area is 111 Å². The maximum Gasteiger partial charge on any atom is 0.244 e. The van der Waals surface area contributed by atoms with Crippen LogP contribution in [0.15, 0.2) is 24.4 Å². The summed E-state index contributed by atoms with van der Waals surface area (Å²) in [6, 6.07) is 5.77. The Hall–Kier alpha value is -1.88. The Morgan fingerprint density at radius 3 is 3.16 bits per heavy atom. The van der Waals surface area contributed by atoms with Crippen LogP contribution in [0.1, 0.15) is 26.2 Å². The van der Waals surface area contributed by atoms with Crippen molar-refractivity contribution in [2.45, 2.75) is 31.7 Å². The van der Waals surface area contributed by atoms with Crippen molar-refractivity contribution in [1.82, 2.24) is 15.5 Å². The van der Waals surface area contributed by atoms with E-state index in [1.54, 1.807) is 6.20 Å². The van der Waals surface area contributed by atoms with Gasteiger partial charge in [-0.1, -0.05) is 6.92 Å². The lowest BCUT2D eigenvalue weighted by Gasteiger charge is -2.26. The van der Waals surface area contributed by atoms with Crippen molar-refractivity contribution in [2.75, 3.05) is 11.9 Å². The first kappa shape index (κ1) is 12.2. The summed E-state index contributed by atoms with van der Waals surface area (Å²) in [7, 11) is 0. The molecular weight excluding hydrogens is 240 g/mol. The number of aromatic amines is 1. The van der Waals surface area contributed by atoms with Gasteiger partial charge in [0.15, 0.2) is 0 Å². The Kier molecular flexibility index (Phi) is 2.98. The molecule has 1 fully saturated rings. The van der Waals surface area contributed by atoms with Crippen molar-refractivity contribution in [3.05, 3.63) is 24.4 Å². The van der Waals surface area contributed by atoms with Crippen LogP contribution in [0.4, 0.5) is 5.69 Å². The zero-order valence-corrected chi connectivity index (χ0v) is 11.0. The van der Waals surface area contributed by atoms with Crippen molar-refractivity contribution >= 4 is 22.5 Å². The minimum Gasteiger partial charge on any atom is -0.324 e. The van der Waals surface area contributed by atoms with Crippen molar-refractivity contribution in [2.24, 2.45) is 0 Å². The van der Waals surface area contributed by atoms with Crippen molar-refractivity contribution in [1.29, 1.82) is 0 Å². The summed E-state index contributed by atoms with van der Waals surface area (Å²) in [5.41, 5.74) is 1.40. The summed E-state index contributed by atoms with van der Waals surface area (Å²) < 4.78 is 0. The van der Waals surface area contributed by atoms with Crippen LogP contribution >= 0.6 is 0 Å². The fraction of sp³-hybridized carbons (Fsp3) is 0.429. The lowest BCUT2D eigenvalue weighted by Crippen LogP contribution is -2.50. The number of carbonyl (C=O) groups excluding carboxylic acids is 1. The van der Waals surface area contributed by atoms with Crippen LogP contribution in [0.25, 0.3) is 10.9 Å². The van der Waals surface area contributed by atoms with Gasteiger partial charge < -0.3 is 10.6 Å². The third-order valence-corrected chi connectivity index (χ3v) is 3.98. The molecule has 5 nitrogen and oxygen atoms in total.